The molecule has 23 heavy (non-hydrogen) atoms. The van der Waals surface area contributed by atoms with Crippen LogP contribution in [0.2, 0.25) is 5.02 Å². The van der Waals surface area contributed by atoms with E-state index in [2.05, 4.69) is 4.99 Å². The summed E-state index contributed by atoms with van der Waals surface area (Å²) < 4.78 is 5.75. The average Bonchev–Trinajstić information content (AvgIpc) is 2.43. The number of nitrogens with zero attached hydrogens (tertiary/aromatic N) is 1. The number of dihydropyridines is 1. The number of aliphatic carboxylic acids is 1. The lowest BCUT2D eigenvalue weighted by Gasteiger charge is -2.17. The minimum Gasteiger partial charge on any atom is -0.481 e. The number of hydrogen-bond donors (Lipinski definition) is 1. The first-order chi connectivity index (χ1) is 10.8. The first-order valence-electron chi connectivity index (χ1n) is 7.26. The molecule has 0 aromatic heterocycles. The second-order valence-corrected chi connectivity index (χ2v) is 6.14. The van der Waals surface area contributed by atoms with Gasteiger partial charge in [-0.15, -0.1) is 0 Å². The van der Waals surface area contributed by atoms with E-state index in [1.54, 1.807) is 25.1 Å². The summed E-state index contributed by atoms with van der Waals surface area (Å²) in [5.41, 5.74) is 1.99. The Bertz CT molecular complexity index is 696. The molecule has 6 heteroatoms. The summed E-state index contributed by atoms with van der Waals surface area (Å²) in [5.74, 6) is -0.0792. The van der Waals surface area contributed by atoms with Crippen molar-refractivity contribution in [2.75, 3.05) is 6.54 Å². The molecule has 0 radical (unpaired) electrons. The monoisotopic (exact) mass is 335 g/mol. The van der Waals surface area contributed by atoms with Gasteiger partial charge in [0.25, 0.3) is 0 Å². The van der Waals surface area contributed by atoms with E-state index < -0.39 is 5.97 Å². The number of carbonyl (C=O) groups is 2. The maximum absolute atomic E-state index is 11.8. The molecular formula is C17H18ClNO4. The number of carboxylic acids is 1. The molecule has 0 saturated heterocycles. The first kappa shape index (κ1) is 17.2. The van der Waals surface area contributed by atoms with Crippen LogP contribution in [0.25, 0.3) is 0 Å². The quantitative estimate of drug-likeness (QED) is 0.916. The minimum absolute atomic E-state index is 0.00743. The van der Waals surface area contributed by atoms with Crippen molar-refractivity contribution in [3.63, 3.8) is 0 Å². The standard InChI is InChI=1S/C17H18ClNO4/c1-9(2)12-7-15(19-8-14(12)20)23-17-10(3)4-11(5-13(17)18)6-16(21)22/h4-5,7,9H,6,8H2,1-3H3,(H,21,22). The summed E-state index contributed by atoms with van der Waals surface area (Å²) in [7, 11) is 0. The fourth-order valence-corrected chi connectivity index (χ4v) is 2.69. The van der Waals surface area contributed by atoms with Crippen molar-refractivity contribution >= 4 is 29.3 Å². The van der Waals surface area contributed by atoms with Crippen LogP contribution in [0.15, 0.2) is 28.8 Å². The van der Waals surface area contributed by atoms with Gasteiger partial charge in [0, 0.05) is 11.6 Å². The van der Waals surface area contributed by atoms with Crippen LogP contribution < -0.4 is 4.74 Å². The Hall–Kier alpha value is -2.14. The lowest BCUT2D eigenvalue weighted by molar-refractivity contribution is -0.136. The van der Waals surface area contributed by atoms with Crippen LogP contribution in [0, 0.1) is 12.8 Å². The number of halogens is 1. The van der Waals surface area contributed by atoms with Gasteiger partial charge in [-0.05, 0) is 30.0 Å². The number of ketones is 1. The van der Waals surface area contributed by atoms with E-state index in [9.17, 15) is 9.59 Å². The Morgan fingerprint density at radius 3 is 2.70 bits per heavy atom. The van der Waals surface area contributed by atoms with Crippen molar-refractivity contribution in [3.05, 3.63) is 39.9 Å². The third-order valence-corrected chi connectivity index (χ3v) is 3.73. The number of rotatable bonds is 4. The molecule has 122 valence electrons. The molecule has 0 saturated carbocycles. The molecule has 1 N–H and O–H groups in total. The van der Waals surface area contributed by atoms with Gasteiger partial charge in [-0.25, -0.2) is 4.99 Å². The summed E-state index contributed by atoms with van der Waals surface area (Å²) in [6.45, 7) is 5.72. The van der Waals surface area contributed by atoms with Gasteiger partial charge in [0.1, 0.15) is 6.54 Å². The molecule has 0 fully saturated rings. The van der Waals surface area contributed by atoms with E-state index in [0.717, 1.165) is 0 Å². The molecule has 0 aliphatic carbocycles. The van der Waals surface area contributed by atoms with Crippen molar-refractivity contribution in [3.8, 4) is 5.75 Å². The number of hydrogen-bond acceptors (Lipinski definition) is 4. The van der Waals surface area contributed by atoms with E-state index in [0.29, 0.717) is 33.4 Å². The molecule has 1 aromatic carbocycles. The van der Waals surface area contributed by atoms with Crippen molar-refractivity contribution < 1.29 is 19.4 Å². The highest BCUT2D eigenvalue weighted by Gasteiger charge is 2.20. The van der Waals surface area contributed by atoms with Gasteiger partial charge in [0.05, 0.1) is 11.4 Å². The molecule has 1 aliphatic rings. The van der Waals surface area contributed by atoms with Crippen LogP contribution in [0.1, 0.15) is 25.0 Å². The molecule has 2 rings (SSSR count). The van der Waals surface area contributed by atoms with Crippen molar-refractivity contribution in [1.82, 2.24) is 0 Å². The molecule has 5 nitrogen and oxygen atoms in total. The van der Waals surface area contributed by atoms with Crippen molar-refractivity contribution in [2.45, 2.75) is 27.2 Å². The van der Waals surface area contributed by atoms with E-state index in [1.807, 2.05) is 13.8 Å². The van der Waals surface area contributed by atoms with Crippen molar-refractivity contribution in [2.24, 2.45) is 10.9 Å². The topological polar surface area (TPSA) is 76.0 Å². The summed E-state index contributed by atoms with van der Waals surface area (Å²) >= 11 is 6.20. The Kier molecular flexibility index (Phi) is 5.21. The Morgan fingerprint density at radius 2 is 2.13 bits per heavy atom. The Balaban J connectivity index is 2.27. The number of Topliss-reactive ketones (excluding diaryl/α,β-unsaturated/α-hetero) is 1. The normalized spacial score (nSPS) is 14.6. The molecule has 0 bridgehead atoms. The summed E-state index contributed by atoms with van der Waals surface area (Å²) in [5, 5.41) is 9.17. The van der Waals surface area contributed by atoms with Crippen molar-refractivity contribution in [1.29, 1.82) is 0 Å². The van der Waals surface area contributed by atoms with Crippen LogP contribution in [0.3, 0.4) is 0 Å². The van der Waals surface area contributed by atoms with Gasteiger partial charge in [0.15, 0.2) is 11.5 Å². The SMILES string of the molecule is Cc1cc(CC(=O)O)cc(Cl)c1OC1=NCC(=O)C(C(C)C)=C1. The molecule has 1 aromatic rings. The summed E-state index contributed by atoms with van der Waals surface area (Å²) in [6, 6.07) is 3.29. The molecule has 1 aliphatic heterocycles. The molecular weight excluding hydrogens is 318 g/mol. The predicted octanol–water partition coefficient (Wildman–Crippen LogP) is 3.22. The lowest BCUT2D eigenvalue weighted by Crippen LogP contribution is -2.22. The zero-order valence-electron chi connectivity index (χ0n) is 13.2. The maximum atomic E-state index is 11.8. The molecule has 0 unspecified atom stereocenters. The Morgan fingerprint density at radius 1 is 1.43 bits per heavy atom. The fourth-order valence-electron chi connectivity index (χ4n) is 2.36. The van der Waals surface area contributed by atoms with Gasteiger partial charge in [0.2, 0.25) is 5.90 Å². The van der Waals surface area contributed by atoms with E-state index >= 15 is 0 Å². The summed E-state index contributed by atoms with van der Waals surface area (Å²) in [4.78, 5) is 26.7. The van der Waals surface area contributed by atoms with E-state index in [4.69, 9.17) is 21.4 Å². The zero-order chi connectivity index (χ0) is 17.1. The van der Waals surface area contributed by atoms with Crippen LogP contribution >= 0.6 is 11.6 Å². The van der Waals surface area contributed by atoms with Gasteiger partial charge < -0.3 is 9.84 Å². The molecule has 0 atom stereocenters. The van der Waals surface area contributed by atoms with E-state index in [1.165, 1.54) is 0 Å². The maximum Gasteiger partial charge on any atom is 0.307 e. The fraction of sp³-hybridized carbons (Fsp3) is 0.353. The van der Waals surface area contributed by atoms with E-state index in [-0.39, 0.29) is 24.7 Å². The van der Waals surface area contributed by atoms with Gasteiger partial charge >= 0.3 is 5.97 Å². The second-order valence-electron chi connectivity index (χ2n) is 5.73. The molecule has 0 spiro atoms. The number of benzene rings is 1. The first-order valence-corrected chi connectivity index (χ1v) is 7.63. The number of aliphatic imine (C=N–C) groups is 1. The van der Waals surface area contributed by atoms with Crippen LogP contribution in [0.4, 0.5) is 0 Å². The third kappa shape index (κ3) is 4.20. The summed E-state index contributed by atoms with van der Waals surface area (Å²) in [6.07, 6.45) is 1.53. The second kappa shape index (κ2) is 6.96. The Labute approximate surface area is 139 Å². The highest BCUT2D eigenvalue weighted by atomic mass is 35.5. The molecule has 1 heterocycles. The van der Waals surface area contributed by atoms with Gasteiger partial charge in [-0.1, -0.05) is 31.5 Å². The number of ether oxygens (including phenoxy) is 1. The average molecular weight is 336 g/mol. The smallest absolute Gasteiger partial charge is 0.307 e. The highest BCUT2D eigenvalue weighted by molar-refractivity contribution is 6.32. The largest absolute Gasteiger partial charge is 0.481 e. The lowest BCUT2D eigenvalue weighted by atomic mass is 9.97. The third-order valence-electron chi connectivity index (χ3n) is 3.45. The minimum atomic E-state index is -0.922. The van der Waals surface area contributed by atoms with Crippen LogP contribution in [0.5, 0.6) is 5.75 Å². The van der Waals surface area contributed by atoms with Crippen LogP contribution in [-0.4, -0.2) is 29.3 Å². The van der Waals surface area contributed by atoms with Gasteiger partial charge in [-0.3, -0.25) is 9.59 Å². The van der Waals surface area contributed by atoms with Gasteiger partial charge in [-0.2, -0.15) is 0 Å². The number of carboxylic acid groups (broad SMARTS) is 1. The highest BCUT2D eigenvalue weighted by Crippen LogP contribution is 2.31. The van der Waals surface area contributed by atoms with Crippen LogP contribution in [-0.2, 0) is 16.0 Å². The predicted molar refractivity (Wildman–Crippen MR) is 88.4 cm³/mol. The number of carbonyl (C=O) groups excluding carboxylic acids is 1. The number of aryl methyl sites for hydroxylation is 1. The zero-order valence-corrected chi connectivity index (χ0v) is 14.0. The molecule has 0 amide bonds.